The highest BCUT2D eigenvalue weighted by Crippen LogP contribution is 2.31. The van der Waals surface area contributed by atoms with Gasteiger partial charge in [0.25, 0.3) is 0 Å². The molecule has 30 heavy (non-hydrogen) atoms. The molecule has 2 aromatic heterocycles. The summed E-state index contributed by atoms with van der Waals surface area (Å²) in [6, 6.07) is 4.27. The Morgan fingerprint density at radius 1 is 1.30 bits per heavy atom. The molecule has 3 aromatic rings. The molecule has 0 saturated carbocycles. The first-order chi connectivity index (χ1) is 14.3. The monoisotopic (exact) mass is 524 g/mol. The zero-order chi connectivity index (χ0) is 21.4. The molecule has 2 N–H and O–H groups in total. The van der Waals surface area contributed by atoms with E-state index in [1.54, 1.807) is 0 Å². The van der Waals surface area contributed by atoms with Gasteiger partial charge in [-0.05, 0) is 58.8 Å². The van der Waals surface area contributed by atoms with E-state index in [1.807, 2.05) is 4.57 Å². The number of benzene rings is 1. The molecule has 3 heterocycles. The fourth-order valence-corrected chi connectivity index (χ4v) is 4.66. The van der Waals surface area contributed by atoms with E-state index in [1.165, 1.54) is 5.56 Å². The fraction of sp³-hybridized carbons (Fsp3) is 0.476. The van der Waals surface area contributed by atoms with Gasteiger partial charge in [0.15, 0.2) is 17.0 Å². The van der Waals surface area contributed by atoms with Crippen molar-refractivity contribution in [2.45, 2.75) is 33.2 Å². The molecule has 0 radical (unpaired) electrons. The van der Waals surface area contributed by atoms with Gasteiger partial charge in [0, 0.05) is 36.0 Å². The number of nitrogen functional groups attached to an aromatic ring is 1. The van der Waals surface area contributed by atoms with Gasteiger partial charge < -0.3 is 19.9 Å². The average Bonchev–Trinajstić information content (AvgIpc) is 3.24. The Bertz CT molecular complexity index is 1080. The quantitative estimate of drug-likeness (QED) is 0.378. The molecule has 0 atom stereocenters. The van der Waals surface area contributed by atoms with Gasteiger partial charge in [-0.2, -0.15) is 14.4 Å². The van der Waals surface area contributed by atoms with E-state index >= 15 is 0 Å². The van der Waals surface area contributed by atoms with E-state index < -0.39 is 6.08 Å². The number of hydrogen-bond donors (Lipinski definition) is 1. The summed E-state index contributed by atoms with van der Waals surface area (Å²) >= 11 is 2.35. The minimum absolute atomic E-state index is 0.0695. The van der Waals surface area contributed by atoms with Gasteiger partial charge in [-0.25, -0.2) is 4.98 Å². The van der Waals surface area contributed by atoms with Crippen molar-refractivity contribution < 1.29 is 9.13 Å². The van der Waals surface area contributed by atoms with E-state index in [2.05, 4.69) is 70.5 Å². The number of aromatic nitrogens is 4. The Morgan fingerprint density at radius 2 is 2.10 bits per heavy atom. The molecule has 7 nitrogen and oxygen atoms in total. The second-order valence-electron chi connectivity index (χ2n) is 8.21. The lowest BCUT2D eigenvalue weighted by Gasteiger charge is -2.20. The van der Waals surface area contributed by atoms with Crippen LogP contribution >= 0.6 is 22.6 Å². The van der Waals surface area contributed by atoms with Crippen molar-refractivity contribution >= 4 is 39.6 Å². The number of ether oxygens (including phenoxy) is 1. The lowest BCUT2D eigenvalue weighted by Crippen LogP contribution is -2.27. The zero-order valence-corrected chi connectivity index (χ0v) is 19.6. The van der Waals surface area contributed by atoms with Crippen LogP contribution in [0.1, 0.15) is 30.8 Å². The second-order valence-corrected chi connectivity index (χ2v) is 9.37. The summed E-state index contributed by atoms with van der Waals surface area (Å²) in [6.45, 7) is 7.52. The fourth-order valence-electron chi connectivity index (χ4n) is 3.94. The van der Waals surface area contributed by atoms with E-state index in [9.17, 15) is 4.39 Å². The molecule has 1 aliphatic rings. The molecule has 0 spiro atoms. The highest BCUT2D eigenvalue weighted by Gasteiger charge is 2.20. The van der Waals surface area contributed by atoms with Gasteiger partial charge in [0.2, 0.25) is 0 Å². The van der Waals surface area contributed by atoms with Crippen LogP contribution in [-0.4, -0.2) is 51.2 Å². The van der Waals surface area contributed by atoms with Gasteiger partial charge in [0.05, 0.1) is 6.61 Å². The first kappa shape index (κ1) is 21.2. The van der Waals surface area contributed by atoms with Crippen LogP contribution in [0.15, 0.2) is 12.1 Å². The highest BCUT2D eigenvalue weighted by molar-refractivity contribution is 14.1. The van der Waals surface area contributed by atoms with Gasteiger partial charge in [-0.1, -0.05) is 13.8 Å². The molecule has 0 unspecified atom stereocenters. The molecule has 9 heteroatoms. The first-order valence-electron chi connectivity index (χ1n) is 10.1. The summed E-state index contributed by atoms with van der Waals surface area (Å²) in [5.74, 6) is 2.37. The normalized spacial score (nSPS) is 13.4. The lowest BCUT2D eigenvalue weighted by molar-refractivity contribution is 0.284. The largest absolute Gasteiger partial charge is 0.493 e. The topological polar surface area (TPSA) is 82.1 Å². The number of hydrogen-bond acceptors (Lipinski definition) is 6. The SMILES string of the molecule is CC(C)CN(C)CCn1c(Cc2cc3c(cc2I)CCO3)nc2c(N)nc(F)nc21. The number of nitrogens with zero attached hydrogens (tertiary/aromatic N) is 5. The highest BCUT2D eigenvalue weighted by atomic mass is 127. The van der Waals surface area contributed by atoms with Crippen LogP contribution in [0.3, 0.4) is 0 Å². The third-order valence-electron chi connectivity index (χ3n) is 5.26. The van der Waals surface area contributed by atoms with Crippen LogP contribution in [0.4, 0.5) is 10.2 Å². The molecule has 0 saturated heterocycles. The maximum atomic E-state index is 13.9. The molecule has 0 amide bonds. The van der Waals surface area contributed by atoms with Crippen LogP contribution in [-0.2, 0) is 19.4 Å². The summed E-state index contributed by atoms with van der Waals surface area (Å²) in [6.07, 6.45) is 0.696. The van der Waals surface area contributed by atoms with Gasteiger partial charge in [-0.15, -0.1) is 0 Å². The number of likely N-dealkylation sites (N-methyl/N-ethyl adjacent to an activating group) is 1. The van der Waals surface area contributed by atoms with Gasteiger partial charge in [-0.3, -0.25) is 0 Å². The predicted molar refractivity (Wildman–Crippen MR) is 123 cm³/mol. The summed E-state index contributed by atoms with van der Waals surface area (Å²) in [7, 11) is 2.09. The third-order valence-corrected chi connectivity index (χ3v) is 6.27. The molecular formula is C21H26FIN6O. The van der Waals surface area contributed by atoms with Gasteiger partial charge in [0.1, 0.15) is 11.6 Å². The number of fused-ring (bicyclic) bond motifs is 2. The maximum Gasteiger partial charge on any atom is 0.312 e. The number of rotatable bonds is 7. The standard InChI is InChI=1S/C21H26FIN6O/c1-12(2)11-28(3)5-6-29-17(25-18-19(24)26-21(22)27-20(18)29)10-14-9-16-13(4-7-30-16)8-15(14)23/h8-9,12H,4-7,10-11H2,1-3H3,(H2,24,26,27). The lowest BCUT2D eigenvalue weighted by atomic mass is 10.1. The number of halogens is 2. The Kier molecular flexibility index (Phi) is 6.10. The Morgan fingerprint density at radius 3 is 2.87 bits per heavy atom. The molecule has 4 rings (SSSR count). The number of anilines is 1. The van der Waals surface area contributed by atoms with Crippen molar-refractivity contribution in [1.82, 2.24) is 24.4 Å². The van der Waals surface area contributed by atoms with Crippen molar-refractivity contribution in [2.24, 2.45) is 5.92 Å². The summed E-state index contributed by atoms with van der Waals surface area (Å²) in [4.78, 5) is 14.6. The Labute approximate surface area is 189 Å². The zero-order valence-electron chi connectivity index (χ0n) is 17.5. The molecule has 0 bridgehead atoms. The second kappa shape index (κ2) is 8.62. The van der Waals surface area contributed by atoms with E-state index in [0.717, 1.165) is 46.8 Å². The maximum absolute atomic E-state index is 13.9. The molecule has 0 fully saturated rings. The molecule has 1 aromatic carbocycles. The number of imidazole rings is 1. The van der Waals surface area contributed by atoms with E-state index in [-0.39, 0.29) is 5.82 Å². The molecule has 0 aliphatic carbocycles. The molecule has 1 aliphatic heterocycles. The van der Waals surface area contributed by atoms with E-state index in [4.69, 9.17) is 15.5 Å². The molecular weight excluding hydrogens is 498 g/mol. The van der Waals surface area contributed by atoms with Crippen LogP contribution in [0.5, 0.6) is 5.75 Å². The van der Waals surface area contributed by atoms with Gasteiger partial charge >= 0.3 is 6.08 Å². The van der Waals surface area contributed by atoms with Crippen LogP contribution in [0.25, 0.3) is 11.2 Å². The van der Waals surface area contributed by atoms with Crippen molar-refractivity contribution in [3.8, 4) is 5.75 Å². The summed E-state index contributed by atoms with van der Waals surface area (Å²) in [5, 5.41) is 0. The Balaban J connectivity index is 1.70. The van der Waals surface area contributed by atoms with Crippen molar-refractivity contribution in [3.05, 3.63) is 38.7 Å². The summed E-state index contributed by atoms with van der Waals surface area (Å²) < 4.78 is 22.8. The first-order valence-corrected chi connectivity index (χ1v) is 11.2. The summed E-state index contributed by atoms with van der Waals surface area (Å²) in [5.41, 5.74) is 9.21. The van der Waals surface area contributed by atoms with Crippen molar-refractivity contribution in [2.75, 3.05) is 32.5 Å². The number of nitrogens with two attached hydrogens (primary N) is 1. The van der Waals surface area contributed by atoms with E-state index in [0.29, 0.717) is 30.0 Å². The average molecular weight is 524 g/mol. The van der Waals surface area contributed by atoms with Crippen molar-refractivity contribution in [1.29, 1.82) is 0 Å². The minimum atomic E-state index is -0.830. The predicted octanol–water partition coefficient (Wildman–Crippen LogP) is 3.27. The van der Waals surface area contributed by atoms with Crippen molar-refractivity contribution in [3.63, 3.8) is 0 Å². The third kappa shape index (κ3) is 4.36. The Hall–Kier alpha value is -2.01. The minimum Gasteiger partial charge on any atom is -0.493 e. The smallest absolute Gasteiger partial charge is 0.312 e. The van der Waals surface area contributed by atoms with Crippen LogP contribution < -0.4 is 10.5 Å². The van der Waals surface area contributed by atoms with Crippen LogP contribution in [0.2, 0.25) is 0 Å². The molecule has 160 valence electrons. The van der Waals surface area contributed by atoms with Crippen LogP contribution in [0, 0.1) is 15.6 Å².